The van der Waals surface area contributed by atoms with Crippen LogP contribution in [0.1, 0.15) is 24.5 Å². The molecule has 1 aromatic rings. The van der Waals surface area contributed by atoms with E-state index in [9.17, 15) is 13.6 Å². The lowest BCUT2D eigenvalue weighted by molar-refractivity contribution is -0.115. The first-order valence-corrected chi connectivity index (χ1v) is 6.32. The summed E-state index contributed by atoms with van der Waals surface area (Å²) in [6.07, 6.45) is -2.59. The van der Waals surface area contributed by atoms with Crippen LogP contribution < -0.4 is 4.74 Å². The minimum absolute atomic E-state index is 0.0112. The molecule has 0 aliphatic heterocycles. The van der Waals surface area contributed by atoms with E-state index in [1.54, 1.807) is 13.0 Å². The Hall–Kier alpha value is -0.970. The van der Waals surface area contributed by atoms with Gasteiger partial charge in [0.15, 0.2) is 0 Å². The lowest BCUT2D eigenvalue weighted by Crippen LogP contribution is -2.07. The van der Waals surface area contributed by atoms with Gasteiger partial charge in [-0.1, -0.05) is 22.0 Å². The molecule has 0 atom stereocenters. The molecule has 0 fully saturated rings. The van der Waals surface area contributed by atoms with Crippen LogP contribution in [-0.4, -0.2) is 17.7 Å². The van der Waals surface area contributed by atoms with Gasteiger partial charge < -0.3 is 4.74 Å². The first-order valence-electron chi connectivity index (χ1n) is 5.20. The highest BCUT2D eigenvalue weighted by Crippen LogP contribution is 2.27. The molecule has 1 rings (SSSR count). The molecule has 0 saturated carbocycles. The second-order valence-corrected chi connectivity index (χ2v) is 4.00. The van der Waals surface area contributed by atoms with Gasteiger partial charge in [-0.25, -0.2) is 8.78 Å². The van der Waals surface area contributed by atoms with Gasteiger partial charge in [0.2, 0.25) is 0 Å². The first kappa shape index (κ1) is 14.1. The van der Waals surface area contributed by atoms with Crippen LogP contribution in [0.2, 0.25) is 0 Å². The van der Waals surface area contributed by atoms with Crippen LogP contribution in [-0.2, 0) is 11.2 Å². The molecular formula is C12H13BrF2O2. The number of benzene rings is 1. The van der Waals surface area contributed by atoms with Crippen molar-refractivity contribution in [3.05, 3.63) is 29.3 Å². The minimum Gasteiger partial charge on any atom is -0.494 e. The zero-order valence-corrected chi connectivity index (χ0v) is 11.0. The molecule has 0 bridgehead atoms. The van der Waals surface area contributed by atoms with Crippen molar-refractivity contribution in [3.63, 3.8) is 0 Å². The third kappa shape index (κ3) is 4.07. The highest BCUT2D eigenvalue weighted by Gasteiger charge is 2.16. The Bertz CT molecular complexity index is 394. The van der Waals surface area contributed by atoms with Crippen molar-refractivity contribution < 1.29 is 18.3 Å². The zero-order valence-electron chi connectivity index (χ0n) is 9.38. The predicted molar refractivity (Wildman–Crippen MR) is 65.1 cm³/mol. The Balaban J connectivity index is 2.99. The maximum Gasteiger partial charge on any atom is 0.264 e. The fraction of sp³-hybridized carbons (Fsp3) is 0.417. The Labute approximate surface area is 107 Å². The largest absolute Gasteiger partial charge is 0.494 e. The molecule has 94 valence electrons. The van der Waals surface area contributed by atoms with E-state index in [1.165, 1.54) is 12.1 Å². The monoisotopic (exact) mass is 306 g/mol. The van der Waals surface area contributed by atoms with E-state index in [0.29, 0.717) is 17.9 Å². The second kappa shape index (κ2) is 6.69. The number of rotatable bonds is 6. The van der Waals surface area contributed by atoms with Crippen molar-refractivity contribution >= 4 is 21.7 Å². The summed E-state index contributed by atoms with van der Waals surface area (Å²) in [6, 6.07) is 4.42. The molecule has 0 spiro atoms. The summed E-state index contributed by atoms with van der Waals surface area (Å²) in [5, 5.41) is 0.170. The van der Waals surface area contributed by atoms with Crippen molar-refractivity contribution in [2.24, 2.45) is 0 Å². The summed E-state index contributed by atoms with van der Waals surface area (Å²) < 4.78 is 30.8. The predicted octanol–water partition coefficient (Wildman–Crippen LogP) is 3.53. The number of hydrogen-bond donors (Lipinski definition) is 0. The topological polar surface area (TPSA) is 26.3 Å². The van der Waals surface area contributed by atoms with E-state index >= 15 is 0 Å². The van der Waals surface area contributed by atoms with E-state index in [0.717, 1.165) is 0 Å². The highest BCUT2D eigenvalue weighted by molar-refractivity contribution is 9.09. The number of ether oxygens (including phenoxy) is 1. The number of alkyl halides is 3. The van der Waals surface area contributed by atoms with Gasteiger partial charge in [-0.2, -0.15) is 0 Å². The molecule has 0 radical (unpaired) electrons. The third-order valence-electron chi connectivity index (χ3n) is 2.20. The number of Topliss-reactive ketones (excluding diaryl/α,β-unsaturated/α-hetero) is 1. The fourth-order valence-electron chi connectivity index (χ4n) is 1.45. The van der Waals surface area contributed by atoms with Crippen LogP contribution in [0.15, 0.2) is 18.2 Å². The van der Waals surface area contributed by atoms with Crippen LogP contribution in [0, 0.1) is 0 Å². The number of carbonyl (C=O) groups excluding carboxylic acids is 1. The second-order valence-electron chi connectivity index (χ2n) is 3.44. The van der Waals surface area contributed by atoms with Crippen LogP contribution in [0.4, 0.5) is 8.78 Å². The van der Waals surface area contributed by atoms with Crippen molar-refractivity contribution in [3.8, 4) is 5.75 Å². The standard InChI is InChI=1S/C12H13BrF2O2/c1-2-17-10-4-3-8(5-9(16)7-13)11(6-10)12(14)15/h3-4,6,12H,2,5,7H2,1H3. The molecule has 1 aromatic carbocycles. The quantitative estimate of drug-likeness (QED) is 0.752. The maximum atomic E-state index is 12.8. The van der Waals surface area contributed by atoms with E-state index in [2.05, 4.69) is 15.9 Å². The van der Waals surface area contributed by atoms with Gasteiger partial charge in [-0.05, 0) is 24.6 Å². The Kier molecular flexibility index (Phi) is 5.55. The van der Waals surface area contributed by atoms with Crippen LogP contribution in [0.25, 0.3) is 0 Å². The van der Waals surface area contributed by atoms with Crippen molar-refractivity contribution in [1.29, 1.82) is 0 Å². The smallest absolute Gasteiger partial charge is 0.264 e. The van der Waals surface area contributed by atoms with Gasteiger partial charge >= 0.3 is 0 Å². The van der Waals surface area contributed by atoms with E-state index < -0.39 is 6.43 Å². The molecule has 0 aliphatic carbocycles. The summed E-state index contributed by atoms with van der Waals surface area (Å²) in [4.78, 5) is 11.2. The molecule has 0 unspecified atom stereocenters. The van der Waals surface area contributed by atoms with E-state index in [1.807, 2.05) is 0 Å². The van der Waals surface area contributed by atoms with E-state index in [-0.39, 0.29) is 23.1 Å². The molecule has 17 heavy (non-hydrogen) atoms. The lowest BCUT2D eigenvalue weighted by atomic mass is 10.0. The van der Waals surface area contributed by atoms with Crippen molar-refractivity contribution in [2.75, 3.05) is 11.9 Å². The molecule has 0 saturated heterocycles. The summed E-state index contributed by atoms with van der Waals surface area (Å²) in [6.45, 7) is 2.20. The van der Waals surface area contributed by atoms with Crippen LogP contribution in [0.3, 0.4) is 0 Å². The highest BCUT2D eigenvalue weighted by atomic mass is 79.9. The average molecular weight is 307 g/mol. The molecule has 5 heteroatoms. The Morgan fingerprint density at radius 3 is 2.71 bits per heavy atom. The van der Waals surface area contributed by atoms with Gasteiger partial charge in [0.05, 0.1) is 11.9 Å². The molecule has 0 heterocycles. The summed E-state index contributed by atoms with van der Waals surface area (Å²) in [5.41, 5.74) is 0.221. The Morgan fingerprint density at radius 1 is 1.47 bits per heavy atom. The summed E-state index contributed by atoms with van der Waals surface area (Å²) >= 11 is 3.01. The summed E-state index contributed by atoms with van der Waals surface area (Å²) in [5.74, 6) is 0.272. The third-order valence-corrected chi connectivity index (χ3v) is 2.83. The molecule has 2 nitrogen and oxygen atoms in total. The van der Waals surface area contributed by atoms with Gasteiger partial charge in [0.1, 0.15) is 11.5 Å². The zero-order chi connectivity index (χ0) is 12.8. The maximum absolute atomic E-state index is 12.8. The minimum atomic E-state index is -2.60. The fourth-order valence-corrected chi connectivity index (χ4v) is 1.65. The molecule has 0 aliphatic rings. The Morgan fingerprint density at radius 2 is 2.18 bits per heavy atom. The molecule has 0 N–H and O–H groups in total. The number of ketones is 1. The van der Waals surface area contributed by atoms with Gasteiger partial charge in [-0.15, -0.1) is 0 Å². The van der Waals surface area contributed by atoms with Gasteiger partial charge in [0, 0.05) is 12.0 Å². The first-order chi connectivity index (χ1) is 8.08. The molecular weight excluding hydrogens is 294 g/mol. The van der Waals surface area contributed by atoms with Gasteiger partial charge in [-0.3, -0.25) is 4.79 Å². The summed E-state index contributed by atoms with van der Waals surface area (Å²) in [7, 11) is 0. The number of halogens is 3. The van der Waals surface area contributed by atoms with E-state index in [4.69, 9.17) is 4.74 Å². The molecule has 0 aromatic heterocycles. The normalized spacial score (nSPS) is 10.6. The lowest BCUT2D eigenvalue weighted by Gasteiger charge is -2.10. The van der Waals surface area contributed by atoms with Crippen molar-refractivity contribution in [1.82, 2.24) is 0 Å². The molecule has 0 amide bonds. The van der Waals surface area contributed by atoms with Crippen molar-refractivity contribution in [2.45, 2.75) is 19.8 Å². The number of hydrogen-bond acceptors (Lipinski definition) is 2. The van der Waals surface area contributed by atoms with Gasteiger partial charge in [0.25, 0.3) is 6.43 Å². The van der Waals surface area contributed by atoms with Crippen LogP contribution >= 0.6 is 15.9 Å². The SMILES string of the molecule is CCOc1ccc(CC(=O)CBr)c(C(F)F)c1. The number of carbonyl (C=O) groups is 1. The van der Waals surface area contributed by atoms with Crippen LogP contribution in [0.5, 0.6) is 5.75 Å². The average Bonchev–Trinajstić information content (AvgIpc) is 2.31.